The van der Waals surface area contributed by atoms with Gasteiger partial charge in [-0.1, -0.05) is 27.7 Å². The van der Waals surface area contributed by atoms with Gasteiger partial charge in [0.2, 0.25) is 0 Å². The van der Waals surface area contributed by atoms with E-state index in [0.717, 1.165) is 19.3 Å². The van der Waals surface area contributed by atoms with Gasteiger partial charge in [-0.2, -0.15) is 0 Å². The molecule has 0 amide bonds. The first kappa shape index (κ1) is 13.1. The molecule has 0 saturated heterocycles. The van der Waals surface area contributed by atoms with Crippen LogP contribution in [-0.2, 0) is 12.8 Å². The standard InChI is InChI=1S/C13H21ClS/c1-5-10-6-7-11(15-10)8-9-12(14)13(2,3)4/h6-7,12H,5,8-9H2,1-4H3. The molecule has 0 N–H and O–H groups in total. The zero-order chi connectivity index (χ0) is 11.5. The maximum absolute atomic E-state index is 6.35. The van der Waals surface area contributed by atoms with E-state index in [9.17, 15) is 0 Å². The SMILES string of the molecule is CCc1ccc(CCC(Cl)C(C)(C)C)s1. The van der Waals surface area contributed by atoms with Crippen molar-refractivity contribution in [3.63, 3.8) is 0 Å². The van der Waals surface area contributed by atoms with Crippen LogP contribution in [0.15, 0.2) is 12.1 Å². The normalized spacial score (nSPS) is 14.2. The lowest BCUT2D eigenvalue weighted by atomic mass is 9.89. The summed E-state index contributed by atoms with van der Waals surface area (Å²) in [6, 6.07) is 4.48. The number of halogens is 1. The maximum atomic E-state index is 6.35. The molecule has 1 unspecified atom stereocenters. The molecule has 1 heterocycles. The number of thiophene rings is 1. The lowest BCUT2D eigenvalue weighted by Crippen LogP contribution is -2.21. The minimum absolute atomic E-state index is 0.215. The Labute approximate surface area is 103 Å². The molecule has 0 radical (unpaired) electrons. The summed E-state index contributed by atoms with van der Waals surface area (Å²) in [5.74, 6) is 0. The van der Waals surface area contributed by atoms with E-state index >= 15 is 0 Å². The van der Waals surface area contributed by atoms with Crippen molar-refractivity contribution < 1.29 is 0 Å². The summed E-state index contributed by atoms with van der Waals surface area (Å²) < 4.78 is 0. The molecule has 0 nitrogen and oxygen atoms in total. The molecule has 0 aromatic carbocycles. The van der Waals surface area contributed by atoms with Crippen molar-refractivity contribution in [2.45, 2.75) is 52.3 Å². The fourth-order valence-electron chi connectivity index (χ4n) is 1.45. The van der Waals surface area contributed by atoms with Gasteiger partial charge in [0.15, 0.2) is 0 Å². The molecule has 1 aromatic rings. The summed E-state index contributed by atoms with van der Waals surface area (Å²) in [6.07, 6.45) is 3.35. The van der Waals surface area contributed by atoms with E-state index in [2.05, 4.69) is 39.8 Å². The summed E-state index contributed by atoms with van der Waals surface area (Å²) in [5, 5.41) is 0.268. The molecule has 2 heteroatoms. The molecule has 1 rings (SSSR count). The molecule has 0 bridgehead atoms. The Kier molecular flexibility index (Phi) is 4.66. The van der Waals surface area contributed by atoms with Gasteiger partial charge in [-0.15, -0.1) is 22.9 Å². The minimum Gasteiger partial charge on any atom is -0.145 e. The maximum Gasteiger partial charge on any atom is 0.0387 e. The van der Waals surface area contributed by atoms with Crippen molar-refractivity contribution in [2.24, 2.45) is 5.41 Å². The summed E-state index contributed by atoms with van der Waals surface area (Å²) in [7, 11) is 0. The molecule has 0 aliphatic carbocycles. The number of hydrogen-bond donors (Lipinski definition) is 0. The predicted octanol–water partition coefficient (Wildman–Crippen LogP) is 4.90. The molecule has 0 aliphatic rings. The Morgan fingerprint density at radius 2 is 1.87 bits per heavy atom. The second-order valence-electron chi connectivity index (χ2n) is 5.09. The quantitative estimate of drug-likeness (QED) is 0.661. The molecular formula is C13H21ClS. The van der Waals surface area contributed by atoms with Crippen LogP contribution in [0.2, 0.25) is 0 Å². The van der Waals surface area contributed by atoms with Gasteiger partial charge >= 0.3 is 0 Å². The first-order valence-corrected chi connectivity index (χ1v) is 6.90. The Hall–Kier alpha value is -0.0100. The largest absolute Gasteiger partial charge is 0.145 e. The van der Waals surface area contributed by atoms with Gasteiger partial charge in [0, 0.05) is 15.1 Å². The van der Waals surface area contributed by atoms with Crippen LogP contribution in [0.5, 0.6) is 0 Å². The van der Waals surface area contributed by atoms with Crippen molar-refractivity contribution in [2.75, 3.05) is 0 Å². The Bertz CT molecular complexity index is 296. The van der Waals surface area contributed by atoms with E-state index in [1.165, 1.54) is 9.75 Å². The predicted molar refractivity (Wildman–Crippen MR) is 71.1 cm³/mol. The number of aryl methyl sites for hydroxylation is 2. The van der Waals surface area contributed by atoms with E-state index in [4.69, 9.17) is 11.6 Å². The van der Waals surface area contributed by atoms with Crippen LogP contribution in [0, 0.1) is 5.41 Å². The van der Waals surface area contributed by atoms with Gasteiger partial charge in [-0.05, 0) is 36.8 Å². The summed E-state index contributed by atoms with van der Waals surface area (Å²) >= 11 is 8.28. The fraction of sp³-hybridized carbons (Fsp3) is 0.692. The summed E-state index contributed by atoms with van der Waals surface area (Å²) in [4.78, 5) is 2.95. The molecular weight excluding hydrogens is 224 g/mol. The van der Waals surface area contributed by atoms with Crippen LogP contribution in [-0.4, -0.2) is 5.38 Å². The minimum atomic E-state index is 0.215. The fourth-order valence-corrected chi connectivity index (χ4v) is 2.53. The second kappa shape index (κ2) is 5.36. The summed E-state index contributed by atoms with van der Waals surface area (Å²) in [6.45, 7) is 8.82. The molecule has 0 spiro atoms. The zero-order valence-electron chi connectivity index (χ0n) is 10.1. The first-order chi connectivity index (χ1) is 6.93. The van der Waals surface area contributed by atoms with Gasteiger partial charge in [0.1, 0.15) is 0 Å². The lowest BCUT2D eigenvalue weighted by Gasteiger charge is -2.24. The monoisotopic (exact) mass is 244 g/mol. The van der Waals surface area contributed by atoms with E-state index in [1.807, 2.05) is 11.3 Å². The van der Waals surface area contributed by atoms with Crippen molar-refractivity contribution in [1.29, 1.82) is 0 Å². The second-order valence-corrected chi connectivity index (χ2v) is 6.87. The van der Waals surface area contributed by atoms with Crippen molar-refractivity contribution in [3.8, 4) is 0 Å². The summed E-state index contributed by atoms with van der Waals surface area (Å²) in [5.41, 5.74) is 0.215. The first-order valence-electron chi connectivity index (χ1n) is 5.65. The lowest BCUT2D eigenvalue weighted by molar-refractivity contribution is 0.374. The average Bonchev–Trinajstić information content (AvgIpc) is 2.60. The van der Waals surface area contributed by atoms with Gasteiger partial charge < -0.3 is 0 Å². The van der Waals surface area contributed by atoms with Crippen LogP contribution in [0.25, 0.3) is 0 Å². The van der Waals surface area contributed by atoms with Crippen LogP contribution in [0.4, 0.5) is 0 Å². The van der Waals surface area contributed by atoms with Crippen LogP contribution < -0.4 is 0 Å². The van der Waals surface area contributed by atoms with Crippen molar-refractivity contribution in [3.05, 3.63) is 21.9 Å². The van der Waals surface area contributed by atoms with Crippen molar-refractivity contribution in [1.82, 2.24) is 0 Å². The number of alkyl halides is 1. The third-order valence-corrected chi connectivity index (χ3v) is 4.81. The van der Waals surface area contributed by atoms with Gasteiger partial charge in [0.05, 0.1) is 0 Å². The van der Waals surface area contributed by atoms with E-state index in [0.29, 0.717) is 0 Å². The smallest absolute Gasteiger partial charge is 0.0387 e. The van der Waals surface area contributed by atoms with Gasteiger partial charge in [-0.25, -0.2) is 0 Å². The van der Waals surface area contributed by atoms with E-state index < -0.39 is 0 Å². The molecule has 0 aliphatic heterocycles. The van der Waals surface area contributed by atoms with Crippen LogP contribution in [0.3, 0.4) is 0 Å². The number of hydrogen-bond acceptors (Lipinski definition) is 1. The van der Waals surface area contributed by atoms with Gasteiger partial charge in [0.25, 0.3) is 0 Å². The highest BCUT2D eigenvalue weighted by Gasteiger charge is 2.21. The zero-order valence-corrected chi connectivity index (χ0v) is 11.7. The van der Waals surface area contributed by atoms with E-state index in [1.54, 1.807) is 0 Å². The Morgan fingerprint density at radius 1 is 1.27 bits per heavy atom. The Morgan fingerprint density at radius 3 is 2.33 bits per heavy atom. The van der Waals surface area contributed by atoms with Gasteiger partial charge in [-0.3, -0.25) is 0 Å². The third-order valence-electron chi connectivity index (χ3n) is 2.65. The number of rotatable bonds is 4. The third kappa shape index (κ3) is 4.16. The molecule has 86 valence electrons. The molecule has 15 heavy (non-hydrogen) atoms. The average molecular weight is 245 g/mol. The molecule has 1 aromatic heterocycles. The highest BCUT2D eigenvalue weighted by molar-refractivity contribution is 7.11. The highest BCUT2D eigenvalue weighted by atomic mass is 35.5. The van der Waals surface area contributed by atoms with Crippen LogP contribution >= 0.6 is 22.9 Å². The molecule has 0 saturated carbocycles. The topological polar surface area (TPSA) is 0 Å². The Balaban J connectivity index is 2.43. The van der Waals surface area contributed by atoms with E-state index in [-0.39, 0.29) is 10.8 Å². The highest BCUT2D eigenvalue weighted by Crippen LogP contribution is 2.29. The molecule has 0 fully saturated rings. The molecule has 1 atom stereocenters. The van der Waals surface area contributed by atoms with Crippen molar-refractivity contribution >= 4 is 22.9 Å². The van der Waals surface area contributed by atoms with Crippen LogP contribution in [0.1, 0.15) is 43.9 Å².